The maximum Gasteiger partial charge on any atom is 0.262 e. The normalized spacial score (nSPS) is 12.2. The molecule has 0 aliphatic rings. The Morgan fingerprint density at radius 3 is 2.71 bits per heavy atom. The van der Waals surface area contributed by atoms with E-state index in [-0.39, 0.29) is 5.03 Å². The van der Waals surface area contributed by atoms with Crippen LogP contribution in [0.5, 0.6) is 0 Å². The number of ether oxygens (including phenoxy) is 1. The minimum Gasteiger partial charge on any atom is -0.383 e. The van der Waals surface area contributed by atoms with Gasteiger partial charge in [0, 0.05) is 38.8 Å². The van der Waals surface area contributed by atoms with Crippen LogP contribution in [0.4, 0.5) is 0 Å². The lowest BCUT2D eigenvalue weighted by Crippen LogP contribution is -2.35. The lowest BCUT2D eigenvalue weighted by molar-refractivity contribution is 0.180. The molecular weight excluding hydrogens is 310 g/mol. The summed E-state index contributed by atoms with van der Waals surface area (Å²) < 4.78 is 32.3. The predicted molar refractivity (Wildman–Crippen MR) is 67.6 cm³/mol. The van der Waals surface area contributed by atoms with E-state index >= 15 is 0 Å². The molecule has 0 atom stereocenters. The van der Waals surface area contributed by atoms with Crippen molar-refractivity contribution in [3.05, 3.63) is 12.5 Å². The first-order chi connectivity index (χ1) is 8.02. The first kappa shape index (κ1) is 14.6. The van der Waals surface area contributed by atoms with E-state index in [1.807, 2.05) is 0 Å². The number of aryl methyl sites for hydroxylation is 1. The largest absolute Gasteiger partial charge is 0.383 e. The summed E-state index contributed by atoms with van der Waals surface area (Å²) in [5.41, 5.74) is 0. The van der Waals surface area contributed by atoms with Crippen LogP contribution in [0.1, 0.15) is 0 Å². The van der Waals surface area contributed by atoms with E-state index in [0.717, 1.165) is 0 Å². The summed E-state index contributed by atoms with van der Waals surface area (Å²) in [6.45, 7) is 1.07. The number of sulfonamides is 1. The molecule has 0 radical (unpaired) electrons. The monoisotopic (exact) mass is 325 g/mol. The fourth-order valence-electron chi connectivity index (χ4n) is 1.29. The lowest BCUT2D eigenvalue weighted by atomic mass is 10.6. The average molecular weight is 326 g/mol. The summed E-state index contributed by atoms with van der Waals surface area (Å²) in [5, 5.41) is 0.639. The van der Waals surface area contributed by atoms with Gasteiger partial charge in [-0.25, -0.2) is 13.4 Å². The fraction of sp³-hybridized carbons (Fsp3) is 0.667. The third kappa shape index (κ3) is 3.77. The molecule has 1 aromatic heterocycles. The molecule has 0 unspecified atom stereocenters. The molecule has 0 aliphatic carbocycles. The SMILES string of the molecule is COCCN(CCBr)S(=O)(=O)c1cn(C)cn1. The Kier molecular flexibility index (Phi) is 5.57. The van der Waals surface area contributed by atoms with Crippen LogP contribution in [0.2, 0.25) is 0 Å². The van der Waals surface area contributed by atoms with E-state index in [0.29, 0.717) is 25.0 Å². The Morgan fingerprint density at radius 1 is 1.53 bits per heavy atom. The molecule has 0 amide bonds. The number of nitrogens with zero attached hydrogens (tertiary/aromatic N) is 3. The summed E-state index contributed by atoms with van der Waals surface area (Å²) in [4.78, 5) is 3.88. The Hall–Kier alpha value is -0.440. The minimum atomic E-state index is -3.52. The Balaban J connectivity index is 2.91. The lowest BCUT2D eigenvalue weighted by Gasteiger charge is -2.19. The van der Waals surface area contributed by atoms with Gasteiger partial charge < -0.3 is 9.30 Å². The molecular formula is C9H16BrN3O3S. The van der Waals surface area contributed by atoms with Gasteiger partial charge in [0.1, 0.15) is 0 Å². The quantitative estimate of drug-likeness (QED) is 0.683. The first-order valence-electron chi connectivity index (χ1n) is 5.05. The number of hydrogen-bond donors (Lipinski definition) is 0. The van der Waals surface area contributed by atoms with Gasteiger partial charge >= 0.3 is 0 Å². The van der Waals surface area contributed by atoms with Gasteiger partial charge in [-0.3, -0.25) is 0 Å². The van der Waals surface area contributed by atoms with Gasteiger partial charge in [0.05, 0.1) is 12.9 Å². The van der Waals surface area contributed by atoms with Crippen molar-refractivity contribution in [2.24, 2.45) is 7.05 Å². The molecule has 17 heavy (non-hydrogen) atoms. The highest BCUT2D eigenvalue weighted by Gasteiger charge is 2.25. The van der Waals surface area contributed by atoms with Crippen LogP contribution in [-0.4, -0.2) is 54.4 Å². The number of halogens is 1. The first-order valence-corrected chi connectivity index (χ1v) is 7.61. The van der Waals surface area contributed by atoms with Crippen LogP contribution in [-0.2, 0) is 21.8 Å². The number of alkyl halides is 1. The van der Waals surface area contributed by atoms with Crippen LogP contribution in [0, 0.1) is 0 Å². The zero-order valence-electron chi connectivity index (χ0n) is 9.84. The number of hydrogen-bond acceptors (Lipinski definition) is 4. The van der Waals surface area contributed by atoms with Crippen LogP contribution in [0.3, 0.4) is 0 Å². The molecule has 0 saturated carbocycles. The standard InChI is InChI=1S/C9H16BrN3O3S/c1-12-7-9(11-8-12)17(14,15)13(4-3-10)5-6-16-2/h7-8H,3-6H2,1-2H3. The zero-order chi connectivity index (χ0) is 12.9. The fourth-order valence-corrected chi connectivity index (χ4v) is 3.35. The van der Waals surface area contributed by atoms with Crippen molar-refractivity contribution in [1.82, 2.24) is 13.9 Å². The van der Waals surface area contributed by atoms with Gasteiger partial charge in [0.25, 0.3) is 10.0 Å². The molecule has 0 fully saturated rings. The second-order valence-electron chi connectivity index (χ2n) is 3.46. The van der Waals surface area contributed by atoms with Gasteiger partial charge in [-0.2, -0.15) is 4.31 Å². The third-order valence-corrected chi connectivity index (χ3v) is 4.30. The van der Waals surface area contributed by atoms with E-state index in [4.69, 9.17) is 4.74 Å². The smallest absolute Gasteiger partial charge is 0.262 e. The molecule has 98 valence electrons. The summed E-state index contributed by atoms with van der Waals surface area (Å²) in [7, 11) is -0.250. The highest BCUT2D eigenvalue weighted by atomic mass is 79.9. The van der Waals surface area contributed by atoms with E-state index in [9.17, 15) is 8.42 Å². The van der Waals surface area contributed by atoms with E-state index in [1.54, 1.807) is 18.7 Å². The summed E-state index contributed by atoms with van der Waals surface area (Å²) >= 11 is 3.24. The van der Waals surface area contributed by atoms with Gasteiger partial charge in [-0.15, -0.1) is 0 Å². The summed E-state index contributed by atoms with van der Waals surface area (Å²) in [6.07, 6.45) is 2.96. The zero-order valence-corrected chi connectivity index (χ0v) is 12.2. The molecule has 1 rings (SSSR count). The van der Waals surface area contributed by atoms with Crippen molar-refractivity contribution in [3.63, 3.8) is 0 Å². The van der Waals surface area contributed by atoms with Crippen molar-refractivity contribution in [1.29, 1.82) is 0 Å². The van der Waals surface area contributed by atoms with Crippen molar-refractivity contribution < 1.29 is 13.2 Å². The molecule has 1 aromatic rings. The van der Waals surface area contributed by atoms with Crippen molar-refractivity contribution >= 4 is 26.0 Å². The van der Waals surface area contributed by atoms with Gasteiger partial charge in [0.15, 0.2) is 5.03 Å². The molecule has 6 nitrogen and oxygen atoms in total. The van der Waals surface area contributed by atoms with E-state index in [1.165, 1.54) is 16.8 Å². The number of methoxy groups -OCH3 is 1. The molecule has 0 bridgehead atoms. The van der Waals surface area contributed by atoms with Crippen molar-refractivity contribution in [2.75, 3.05) is 32.1 Å². The van der Waals surface area contributed by atoms with E-state index in [2.05, 4.69) is 20.9 Å². The van der Waals surface area contributed by atoms with Crippen molar-refractivity contribution in [2.45, 2.75) is 5.03 Å². The second-order valence-corrected chi connectivity index (χ2v) is 6.14. The summed E-state index contributed by atoms with van der Waals surface area (Å²) in [6, 6.07) is 0. The highest BCUT2D eigenvalue weighted by Crippen LogP contribution is 2.12. The van der Waals surface area contributed by atoms with Gasteiger partial charge in [-0.1, -0.05) is 15.9 Å². The maximum atomic E-state index is 12.2. The topological polar surface area (TPSA) is 64.4 Å². The van der Waals surface area contributed by atoms with E-state index < -0.39 is 10.0 Å². The van der Waals surface area contributed by atoms with Crippen LogP contribution in [0.15, 0.2) is 17.6 Å². The number of rotatable bonds is 7. The molecule has 0 spiro atoms. The van der Waals surface area contributed by atoms with Gasteiger partial charge in [0.2, 0.25) is 0 Å². The molecule has 0 saturated heterocycles. The number of imidazole rings is 1. The molecule has 1 heterocycles. The Morgan fingerprint density at radius 2 is 2.24 bits per heavy atom. The third-order valence-electron chi connectivity index (χ3n) is 2.16. The molecule has 0 N–H and O–H groups in total. The van der Waals surface area contributed by atoms with Crippen LogP contribution < -0.4 is 0 Å². The Labute approximate surface area is 110 Å². The number of aromatic nitrogens is 2. The minimum absolute atomic E-state index is 0.0667. The second kappa shape index (κ2) is 6.48. The van der Waals surface area contributed by atoms with Crippen LogP contribution in [0.25, 0.3) is 0 Å². The highest BCUT2D eigenvalue weighted by molar-refractivity contribution is 9.09. The average Bonchev–Trinajstić information content (AvgIpc) is 2.71. The van der Waals surface area contributed by atoms with Crippen LogP contribution >= 0.6 is 15.9 Å². The molecule has 0 aromatic carbocycles. The Bertz CT molecular complexity index is 446. The summed E-state index contributed by atoms with van der Waals surface area (Å²) in [5.74, 6) is 0. The maximum absolute atomic E-state index is 12.2. The predicted octanol–water partition coefficient (Wildman–Crippen LogP) is 0.452. The molecule has 0 aliphatic heterocycles. The van der Waals surface area contributed by atoms with Crippen molar-refractivity contribution in [3.8, 4) is 0 Å². The van der Waals surface area contributed by atoms with Gasteiger partial charge in [-0.05, 0) is 0 Å². The molecule has 8 heteroatoms.